The second-order valence-electron chi connectivity index (χ2n) is 3.12. The molecule has 2 N–H and O–H groups in total. The highest BCUT2D eigenvalue weighted by atomic mass is 35.5. The van der Waals surface area contributed by atoms with E-state index in [0.29, 0.717) is 5.56 Å². The first kappa shape index (κ1) is 11.2. The largest absolute Gasteiger partial charge is 0.324 e. The molecule has 1 unspecified atom stereocenters. The van der Waals surface area contributed by atoms with Gasteiger partial charge in [-0.2, -0.15) is 0 Å². The fourth-order valence-electron chi connectivity index (χ4n) is 1.26. The molecule has 0 radical (unpaired) electrons. The first-order valence-corrected chi connectivity index (χ1v) is 4.85. The van der Waals surface area contributed by atoms with Crippen LogP contribution in [0.3, 0.4) is 0 Å². The summed E-state index contributed by atoms with van der Waals surface area (Å²) in [6, 6.07) is 4.46. The maximum atomic E-state index is 13.1. The standard InChI is InChI=1S/C11H13ClFN/c1-2-3-7-10(14)8-5-4-6-9(13)11(8)12/h2,4-6,10H,1,3,7,14H2. The highest BCUT2D eigenvalue weighted by Crippen LogP contribution is 2.26. The van der Waals surface area contributed by atoms with E-state index in [1.807, 2.05) is 0 Å². The summed E-state index contributed by atoms with van der Waals surface area (Å²) in [5, 5.41) is 0.129. The van der Waals surface area contributed by atoms with E-state index in [9.17, 15) is 4.39 Å². The van der Waals surface area contributed by atoms with Crippen molar-refractivity contribution in [3.05, 3.63) is 47.3 Å². The van der Waals surface area contributed by atoms with Crippen LogP contribution in [0.1, 0.15) is 24.4 Å². The average Bonchev–Trinajstić information content (AvgIpc) is 2.18. The van der Waals surface area contributed by atoms with E-state index in [2.05, 4.69) is 6.58 Å². The van der Waals surface area contributed by atoms with Gasteiger partial charge in [0.15, 0.2) is 0 Å². The van der Waals surface area contributed by atoms with Crippen molar-refractivity contribution in [3.63, 3.8) is 0 Å². The lowest BCUT2D eigenvalue weighted by molar-refractivity contribution is 0.612. The number of allylic oxidation sites excluding steroid dienone is 1. The average molecular weight is 214 g/mol. The minimum atomic E-state index is -0.418. The van der Waals surface area contributed by atoms with Crippen LogP contribution in [0.2, 0.25) is 5.02 Å². The monoisotopic (exact) mass is 213 g/mol. The normalized spacial score (nSPS) is 12.5. The Kier molecular flexibility index (Phi) is 4.11. The summed E-state index contributed by atoms with van der Waals surface area (Å²) in [6.07, 6.45) is 3.31. The van der Waals surface area contributed by atoms with Crippen LogP contribution in [0, 0.1) is 5.82 Å². The van der Waals surface area contributed by atoms with Crippen molar-refractivity contribution in [2.75, 3.05) is 0 Å². The summed E-state index contributed by atoms with van der Waals surface area (Å²) in [7, 11) is 0. The van der Waals surface area contributed by atoms with Crippen molar-refractivity contribution < 1.29 is 4.39 Å². The zero-order valence-corrected chi connectivity index (χ0v) is 8.60. The summed E-state index contributed by atoms with van der Waals surface area (Å²) in [5.41, 5.74) is 6.51. The summed E-state index contributed by atoms with van der Waals surface area (Å²) in [5.74, 6) is -0.418. The molecule has 0 heterocycles. The van der Waals surface area contributed by atoms with Crippen LogP contribution in [0.15, 0.2) is 30.9 Å². The molecule has 0 aliphatic carbocycles. The molecule has 1 aromatic carbocycles. The number of halogens is 2. The Morgan fingerprint density at radius 1 is 1.57 bits per heavy atom. The minimum absolute atomic E-state index is 0.129. The molecule has 76 valence electrons. The van der Waals surface area contributed by atoms with E-state index in [-0.39, 0.29) is 11.1 Å². The summed E-state index contributed by atoms with van der Waals surface area (Å²) < 4.78 is 13.1. The number of benzene rings is 1. The van der Waals surface area contributed by atoms with E-state index in [1.54, 1.807) is 18.2 Å². The molecule has 3 heteroatoms. The molecular weight excluding hydrogens is 201 g/mol. The first-order chi connectivity index (χ1) is 6.66. The van der Waals surface area contributed by atoms with Crippen molar-refractivity contribution in [1.82, 2.24) is 0 Å². The number of hydrogen-bond donors (Lipinski definition) is 1. The third-order valence-corrected chi connectivity index (χ3v) is 2.46. The van der Waals surface area contributed by atoms with Gasteiger partial charge >= 0.3 is 0 Å². The molecule has 0 aliphatic heterocycles. The van der Waals surface area contributed by atoms with Gasteiger partial charge in [-0.3, -0.25) is 0 Å². The van der Waals surface area contributed by atoms with Crippen LogP contribution in [0.25, 0.3) is 0 Å². The van der Waals surface area contributed by atoms with Crippen molar-refractivity contribution in [2.45, 2.75) is 18.9 Å². The Labute approximate surface area is 88.4 Å². The fourth-order valence-corrected chi connectivity index (χ4v) is 1.53. The zero-order valence-electron chi connectivity index (χ0n) is 7.84. The SMILES string of the molecule is C=CCCC(N)c1cccc(F)c1Cl. The minimum Gasteiger partial charge on any atom is -0.324 e. The maximum Gasteiger partial charge on any atom is 0.142 e. The Balaban J connectivity index is 2.83. The van der Waals surface area contributed by atoms with E-state index in [1.165, 1.54) is 6.07 Å². The predicted molar refractivity (Wildman–Crippen MR) is 57.8 cm³/mol. The number of nitrogens with two attached hydrogens (primary N) is 1. The van der Waals surface area contributed by atoms with E-state index < -0.39 is 5.82 Å². The molecular formula is C11H13ClFN. The first-order valence-electron chi connectivity index (χ1n) is 4.47. The van der Waals surface area contributed by atoms with Gasteiger partial charge in [0.05, 0.1) is 5.02 Å². The molecule has 1 aromatic rings. The third-order valence-electron chi connectivity index (χ3n) is 2.06. The molecule has 0 saturated heterocycles. The van der Waals surface area contributed by atoms with Gasteiger partial charge in [-0.05, 0) is 24.5 Å². The summed E-state index contributed by atoms with van der Waals surface area (Å²) in [4.78, 5) is 0. The van der Waals surface area contributed by atoms with Crippen LogP contribution in [0.5, 0.6) is 0 Å². The number of rotatable bonds is 4. The van der Waals surface area contributed by atoms with Gasteiger partial charge in [0.1, 0.15) is 5.82 Å². The third kappa shape index (κ3) is 2.56. The lowest BCUT2D eigenvalue weighted by Crippen LogP contribution is -2.10. The zero-order chi connectivity index (χ0) is 10.6. The van der Waals surface area contributed by atoms with Crippen molar-refractivity contribution in [3.8, 4) is 0 Å². The van der Waals surface area contributed by atoms with Crippen molar-refractivity contribution >= 4 is 11.6 Å². The topological polar surface area (TPSA) is 26.0 Å². The van der Waals surface area contributed by atoms with Gasteiger partial charge in [0, 0.05) is 6.04 Å². The molecule has 0 fully saturated rings. The predicted octanol–water partition coefficient (Wildman–Crippen LogP) is 3.45. The summed E-state index contributed by atoms with van der Waals surface area (Å²) >= 11 is 5.79. The van der Waals surface area contributed by atoms with E-state index >= 15 is 0 Å². The molecule has 0 amide bonds. The molecule has 1 nitrogen and oxygen atoms in total. The summed E-state index contributed by atoms with van der Waals surface area (Å²) in [6.45, 7) is 3.60. The Morgan fingerprint density at radius 3 is 2.93 bits per heavy atom. The van der Waals surface area contributed by atoms with Crippen LogP contribution >= 0.6 is 11.6 Å². The van der Waals surface area contributed by atoms with E-state index in [0.717, 1.165) is 12.8 Å². The van der Waals surface area contributed by atoms with Gasteiger partial charge < -0.3 is 5.73 Å². The van der Waals surface area contributed by atoms with Crippen molar-refractivity contribution in [2.24, 2.45) is 5.73 Å². The van der Waals surface area contributed by atoms with Gasteiger partial charge in [0.2, 0.25) is 0 Å². The molecule has 0 saturated carbocycles. The fraction of sp³-hybridized carbons (Fsp3) is 0.273. The van der Waals surface area contributed by atoms with Crippen LogP contribution in [0.4, 0.5) is 4.39 Å². The molecule has 1 rings (SSSR count). The van der Waals surface area contributed by atoms with Gasteiger partial charge in [-0.15, -0.1) is 6.58 Å². The second-order valence-corrected chi connectivity index (χ2v) is 3.49. The highest BCUT2D eigenvalue weighted by molar-refractivity contribution is 6.31. The van der Waals surface area contributed by atoms with Gasteiger partial charge in [0.25, 0.3) is 0 Å². The van der Waals surface area contributed by atoms with Crippen LogP contribution in [-0.4, -0.2) is 0 Å². The Morgan fingerprint density at radius 2 is 2.29 bits per heavy atom. The van der Waals surface area contributed by atoms with Crippen LogP contribution in [-0.2, 0) is 0 Å². The molecule has 0 spiro atoms. The Hall–Kier alpha value is -0.860. The smallest absolute Gasteiger partial charge is 0.142 e. The quantitative estimate of drug-likeness (QED) is 0.762. The molecule has 0 aliphatic rings. The molecule has 0 bridgehead atoms. The van der Waals surface area contributed by atoms with Crippen molar-refractivity contribution in [1.29, 1.82) is 0 Å². The Bertz CT molecular complexity index is 325. The second kappa shape index (κ2) is 5.13. The maximum absolute atomic E-state index is 13.1. The van der Waals surface area contributed by atoms with Gasteiger partial charge in [-0.25, -0.2) is 4.39 Å². The van der Waals surface area contributed by atoms with Crippen LogP contribution < -0.4 is 5.73 Å². The lowest BCUT2D eigenvalue weighted by atomic mass is 10.0. The molecule has 14 heavy (non-hydrogen) atoms. The van der Waals surface area contributed by atoms with Gasteiger partial charge in [-0.1, -0.05) is 29.8 Å². The highest BCUT2D eigenvalue weighted by Gasteiger charge is 2.11. The lowest BCUT2D eigenvalue weighted by Gasteiger charge is -2.12. The molecule has 1 atom stereocenters. The van der Waals surface area contributed by atoms with E-state index in [4.69, 9.17) is 17.3 Å². The number of hydrogen-bond acceptors (Lipinski definition) is 1. The molecule has 0 aromatic heterocycles.